The highest BCUT2D eigenvalue weighted by Crippen LogP contribution is 2.06. The first kappa shape index (κ1) is 16.4. The second-order valence-corrected chi connectivity index (χ2v) is 5.24. The lowest BCUT2D eigenvalue weighted by Crippen LogP contribution is -2.36. The second-order valence-electron chi connectivity index (χ2n) is 5.24. The number of hydrogen-bond donors (Lipinski definition) is 2. The van der Waals surface area contributed by atoms with Crippen molar-refractivity contribution in [1.82, 2.24) is 10.6 Å². The van der Waals surface area contributed by atoms with E-state index in [-0.39, 0.29) is 24.7 Å². The van der Waals surface area contributed by atoms with Gasteiger partial charge in [0.2, 0.25) is 5.91 Å². The van der Waals surface area contributed by atoms with Gasteiger partial charge in [0.05, 0.1) is 12.2 Å². The molecule has 0 aromatic carbocycles. The molecule has 1 saturated heterocycles. The second kappa shape index (κ2) is 10.2. The van der Waals surface area contributed by atoms with E-state index in [2.05, 4.69) is 10.6 Å². The van der Waals surface area contributed by atoms with E-state index in [9.17, 15) is 4.79 Å². The number of amides is 1. The maximum Gasteiger partial charge on any atom is 0.246 e. The minimum Gasteiger partial charge on any atom is -0.379 e. The van der Waals surface area contributed by atoms with Gasteiger partial charge in [-0.3, -0.25) is 4.79 Å². The highest BCUT2D eigenvalue weighted by Gasteiger charge is 2.14. The smallest absolute Gasteiger partial charge is 0.246 e. The van der Waals surface area contributed by atoms with Gasteiger partial charge in [-0.1, -0.05) is 0 Å². The molecule has 1 rings (SSSR count). The van der Waals surface area contributed by atoms with E-state index in [1.54, 1.807) is 0 Å². The molecule has 112 valence electrons. The lowest BCUT2D eigenvalue weighted by atomic mass is 10.1. The molecule has 1 fully saturated rings. The fraction of sp³-hybridized carbons (Fsp3) is 0.929. The van der Waals surface area contributed by atoms with Crippen LogP contribution in [0, 0.1) is 0 Å². The third kappa shape index (κ3) is 8.97. The summed E-state index contributed by atoms with van der Waals surface area (Å²) >= 11 is 0. The largest absolute Gasteiger partial charge is 0.379 e. The SMILES string of the molecule is CC(C)OCCCCNC(=O)COC1CCNCC1. The summed E-state index contributed by atoms with van der Waals surface area (Å²) in [7, 11) is 0. The summed E-state index contributed by atoms with van der Waals surface area (Å²) in [6, 6.07) is 0. The van der Waals surface area contributed by atoms with E-state index < -0.39 is 0 Å². The topological polar surface area (TPSA) is 59.6 Å². The van der Waals surface area contributed by atoms with Crippen molar-refractivity contribution in [3.8, 4) is 0 Å². The van der Waals surface area contributed by atoms with Gasteiger partial charge in [0.1, 0.15) is 6.61 Å². The van der Waals surface area contributed by atoms with E-state index in [1.165, 1.54) is 0 Å². The third-order valence-corrected chi connectivity index (χ3v) is 3.08. The number of unbranched alkanes of at least 4 members (excludes halogenated alkanes) is 1. The summed E-state index contributed by atoms with van der Waals surface area (Å²) in [6.45, 7) is 7.69. The highest BCUT2D eigenvalue weighted by molar-refractivity contribution is 5.77. The number of nitrogens with one attached hydrogen (secondary N) is 2. The molecule has 5 heteroatoms. The van der Waals surface area contributed by atoms with E-state index in [0.29, 0.717) is 6.54 Å². The molecule has 0 bridgehead atoms. The van der Waals surface area contributed by atoms with Gasteiger partial charge in [0, 0.05) is 13.2 Å². The Balaban J connectivity index is 1.90. The normalized spacial score (nSPS) is 16.8. The van der Waals surface area contributed by atoms with Crippen molar-refractivity contribution in [2.45, 2.75) is 51.7 Å². The molecule has 5 nitrogen and oxygen atoms in total. The van der Waals surface area contributed by atoms with Crippen molar-refractivity contribution in [3.05, 3.63) is 0 Å². The molecule has 19 heavy (non-hydrogen) atoms. The van der Waals surface area contributed by atoms with Crippen LogP contribution in [-0.2, 0) is 14.3 Å². The van der Waals surface area contributed by atoms with Gasteiger partial charge in [0.25, 0.3) is 0 Å². The minimum atomic E-state index is -0.0108. The summed E-state index contributed by atoms with van der Waals surface area (Å²) in [4.78, 5) is 11.5. The van der Waals surface area contributed by atoms with E-state index in [0.717, 1.165) is 45.4 Å². The molecular weight excluding hydrogens is 244 g/mol. The third-order valence-electron chi connectivity index (χ3n) is 3.08. The van der Waals surface area contributed by atoms with Crippen LogP contribution in [0.2, 0.25) is 0 Å². The molecule has 0 aliphatic carbocycles. The Hall–Kier alpha value is -0.650. The summed E-state index contributed by atoms with van der Waals surface area (Å²) < 4.78 is 11.0. The molecule has 0 saturated carbocycles. The number of ether oxygens (including phenoxy) is 2. The first-order valence-corrected chi connectivity index (χ1v) is 7.39. The average molecular weight is 272 g/mol. The summed E-state index contributed by atoms with van der Waals surface area (Å²) in [5.74, 6) is -0.0108. The van der Waals surface area contributed by atoms with Crippen LogP contribution < -0.4 is 10.6 Å². The fourth-order valence-electron chi connectivity index (χ4n) is 1.98. The van der Waals surface area contributed by atoms with Crippen LogP contribution in [0.15, 0.2) is 0 Å². The predicted octanol–water partition coefficient (Wildman–Crippen LogP) is 1.08. The quantitative estimate of drug-likeness (QED) is 0.617. The van der Waals surface area contributed by atoms with Gasteiger partial charge in [0.15, 0.2) is 0 Å². The zero-order valence-corrected chi connectivity index (χ0v) is 12.2. The van der Waals surface area contributed by atoms with Crippen LogP contribution in [0.5, 0.6) is 0 Å². The zero-order valence-electron chi connectivity index (χ0n) is 12.2. The van der Waals surface area contributed by atoms with Crippen molar-refractivity contribution in [1.29, 1.82) is 0 Å². The van der Waals surface area contributed by atoms with Crippen LogP contribution in [0.25, 0.3) is 0 Å². The average Bonchev–Trinajstić information content (AvgIpc) is 2.41. The number of rotatable bonds is 9. The number of piperidine rings is 1. The molecule has 0 unspecified atom stereocenters. The summed E-state index contributed by atoms with van der Waals surface area (Å²) in [5.41, 5.74) is 0. The zero-order chi connectivity index (χ0) is 13.9. The predicted molar refractivity (Wildman–Crippen MR) is 75.2 cm³/mol. The molecule has 1 amide bonds. The molecule has 0 aromatic rings. The maximum absolute atomic E-state index is 11.5. The van der Waals surface area contributed by atoms with E-state index in [1.807, 2.05) is 13.8 Å². The fourth-order valence-corrected chi connectivity index (χ4v) is 1.98. The standard InChI is InChI=1S/C14H28N2O3/c1-12(2)18-10-4-3-7-16-14(17)11-19-13-5-8-15-9-6-13/h12-13,15H,3-11H2,1-2H3,(H,16,17). The van der Waals surface area contributed by atoms with Crippen molar-refractivity contribution >= 4 is 5.91 Å². The Morgan fingerprint density at radius 2 is 2.05 bits per heavy atom. The monoisotopic (exact) mass is 272 g/mol. The van der Waals surface area contributed by atoms with Crippen LogP contribution in [-0.4, -0.2) is 51.0 Å². The Bertz CT molecular complexity index is 241. The number of carbonyl (C=O) groups is 1. The molecule has 0 spiro atoms. The lowest BCUT2D eigenvalue weighted by Gasteiger charge is -2.22. The number of hydrogen-bond acceptors (Lipinski definition) is 4. The molecule has 0 radical (unpaired) electrons. The molecule has 2 N–H and O–H groups in total. The minimum absolute atomic E-state index is 0.0108. The van der Waals surface area contributed by atoms with Crippen LogP contribution in [0.4, 0.5) is 0 Å². The Labute approximate surface area is 116 Å². The van der Waals surface area contributed by atoms with Crippen LogP contribution in [0.3, 0.4) is 0 Å². The van der Waals surface area contributed by atoms with Crippen LogP contribution in [0.1, 0.15) is 39.5 Å². The molecular formula is C14H28N2O3. The molecule has 0 atom stereocenters. The first-order chi connectivity index (χ1) is 9.18. The Morgan fingerprint density at radius 1 is 1.32 bits per heavy atom. The highest BCUT2D eigenvalue weighted by atomic mass is 16.5. The van der Waals surface area contributed by atoms with Gasteiger partial charge in [-0.25, -0.2) is 0 Å². The number of carbonyl (C=O) groups excluding carboxylic acids is 1. The van der Waals surface area contributed by atoms with Crippen molar-refractivity contribution in [2.24, 2.45) is 0 Å². The summed E-state index contributed by atoms with van der Waals surface area (Å²) in [5, 5.41) is 6.15. The lowest BCUT2D eigenvalue weighted by molar-refractivity contribution is -0.128. The summed E-state index contributed by atoms with van der Waals surface area (Å²) in [6.07, 6.45) is 4.46. The van der Waals surface area contributed by atoms with Crippen molar-refractivity contribution in [3.63, 3.8) is 0 Å². The molecule has 1 heterocycles. The van der Waals surface area contributed by atoms with Crippen LogP contribution >= 0.6 is 0 Å². The molecule has 1 aliphatic rings. The van der Waals surface area contributed by atoms with Gasteiger partial charge >= 0.3 is 0 Å². The van der Waals surface area contributed by atoms with E-state index in [4.69, 9.17) is 9.47 Å². The van der Waals surface area contributed by atoms with Crippen molar-refractivity contribution in [2.75, 3.05) is 32.8 Å². The van der Waals surface area contributed by atoms with E-state index >= 15 is 0 Å². The maximum atomic E-state index is 11.5. The first-order valence-electron chi connectivity index (χ1n) is 7.39. The van der Waals surface area contributed by atoms with Gasteiger partial charge < -0.3 is 20.1 Å². The molecule has 0 aromatic heterocycles. The Morgan fingerprint density at radius 3 is 2.74 bits per heavy atom. The van der Waals surface area contributed by atoms with Gasteiger partial charge in [-0.15, -0.1) is 0 Å². The molecule has 1 aliphatic heterocycles. The van der Waals surface area contributed by atoms with Crippen molar-refractivity contribution < 1.29 is 14.3 Å². The Kier molecular flexibility index (Phi) is 8.79. The van der Waals surface area contributed by atoms with Gasteiger partial charge in [-0.2, -0.15) is 0 Å². The van der Waals surface area contributed by atoms with Gasteiger partial charge in [-0.05, 0) is 52.6 Å².